The predicted octanol–water partition coefficient (Wildman–Crippen LogP) is 4.56. The summed E-state index contributed by atoms with van der Waals surface area (Å²) in [5, 5.41) is 9.88. The normalized spacial score (nSPS) is 14.6. The fourth-order valence-corrected chi connectivity index (χ4v) is 3.33. The van der Waals surface area contributed by atoms with Crippen molar-refractivity contribution in [2.45, 2.75) is 38.1 Å². The topological polar surface area (TPSA) is 53.2 Å². The van der Waals surface area contributed by atoms with Gasteiger partial charge in [-0.05, 0) is 49.3 Å². The van der Waals surface area contributed by atoms with E-state index in [-0.39, 0.29) is 11.9 Å². The van der Waals surface area contributed by atoms with Crippen LogP contribution in [0, 0.1) is 0 Å². The number of thiocarbonyl (C=S) groups is 1. The van der Waals surface area contributed by atoms with Crippen LogP contribution in [0.4, 0.5) is 11.4 Å². The number of hydrogen-bond acceptors (Lipinski definition) is 2. The lowest BCUT2D eigenvalue weighted by Crippen LogP contribution is -2.36. The van der Waals surface area contributed by atoms with E-state index in [4.69, 9.17) is 12.2 Å². The molecule has 4 nitrogen and oxygen atoms in total. The highest BCUT2D eigenvalue weighted by atomic mass is 32.1. The van der Waals surface area contributed by atoms with Crippen molar-refractivity contribution in [3.05, 3.63) is 60.2 Å². The third-order valence-corrected chi connectivity index (χ3v) is 4.60. The third kappa shape index (κ3) is 5.03. The Morgan fingerprint density at radius 3 is 2.32 bits per heavy atom. The van der Waals surface area contributed by atoms with Crippen molar-refractivity contribution in [1.82, 2.24) is 5.32 Å². The molecule has 0 heterocycles. The van der Waals surface area contributed by atoms with Crippen molar-refractivity contribution in [2.24, 2.45) is 0 Å². The van der Waals surface area contributed by atoms with Gasteiger partial charge in [0.25, 0.3) is 5.91 Å². The number of hydrogen-bond donors (Lipinski definition) is 3. The minimum absolute atomic E-state index is 0.0440. The van der Waals surface area contributed by atoms with E-state index in [1.807, 2.05) is 54.6 Å². The summed E-state index contributed by atoms with van der Waals surface area (Å²) in [7, 11) is 0. The number of carbonyl (C=O) groups is 1. The van der Waals surface area contributed by atoms with Crippen LogP contribution < -0.4 is 16.0 Å². The van der Waals surface area contributed by atoms with E-state index in [0.717, 1.165) is 18.5 Å². The second kappa shape index (κ2) is 8.62. The Labute approximate surface area is 154 Å². The maximum Gasteiger partial charge on any atom is 0.253 e. The molecular weight excluding hydrogens is 330 g/mol. The van der Waals surface area contributed by atoms with Gasteiger partial charge >= 0.3 is 0 Å². The standard InChI is InChI=1S/C20H23N3OS/c24-19(21-15-9-3-1-4-10-15)17-13-7-8-14-18(17)23-20(25)22-16-11-5-2-6-12-16/h2,5-8,11-15H,1,3-4,9-10H2,(H,21,24)(H2,22,23,25). The molecule has 0 radical (unpaired) electrons. The van der Waals surface area contributed by atoms with Gasteiger partial charge in [-0.3, -0.25) is 4.79 Å². The zero-order valence-corrected chi connectivity index (χ0v) is 14.9. The van der Waals surface area contributed by atoms with Gasteiger partial charge in [0.15, 0.2) is 5.11 Å². The molecule has 1 aliphatic rings. The average Bonchev–Trinajstić information content (AvgIpc) is 2.63. The molecule has 1 saturated carbocycles. The molecule has 3 rings (SSSR count). The number of rotatable bonds is 4. The summed E-state index contributed by atoms with van der Waals surface area (Å²) in [6, 6.07) is 17.5. The Kier molecular flexibility index (Phi) is 6.01. The number of carbonyl (C=O) groups excluding carboxylic acids is 1. The Balaban J connectivity index is 1.65. The molecule has 0 atom stereocenters. The maximum absolute atomic E-state index is 12.7. The Morgan fingerprint density at radius 2 is 1.56 bits per heavy atom. The second-order valence-electron chi connectivity index (χ2n) is 6.30. The molecule has 0 spiro atoms. The van der Waals surface area contributed by atoms with Gasteiger partial charge < -0.3 is 16.0 Å². The maximum atomic E-state index is 12.7. The van der Waals surface area contributed by atoms with Crippen LogP contribution in [0.2, 0.25) is 0 Å². The monoisotopic (exact) mass is 353 g/mol. The first-order valence-corrected chi connectivity index (χ1v) is 9.16. The zero-order chi connectivity index (χ0) is 17.5. The van der Waals surface area contributed by atoms with Crippen LogP contribution in [0.1, 0.15) is 42.5 Å². The van der Waals surface area contributed by atoms with Gasteiger partial charge in [-0.15, -0.1) is 0 Å². The predicted molar refractivity (Wildman–Crippen MR) is 107 cm³/mol. The number of amides is 1. The third-order valence-electron chi connectivity index (χ3n) is 4.39. The smallest absolute Gasteiger partial charge is 0.253 e. The summed E-state index contributed by atoms with van der Waals surface area (Å²) >= 11 is 5.37. The first-order valence-electron chi connectivity index (χ1n) is 8.75. The lowest BCUT2D eigenvalue weighted by atomic mass is 9.95. The van der Waals surface area contributed by atoms with Crippen LogP contribution in [0.15, 0.2) is 54.6 Å². The molecule has 0 saturated heterocycles. The number of anilines is 2. The van der Waals surface area contributed by atoms with E-state index in [0.29, 0.717) is 16.4 Å². The van der Waals surface area contributed by atoms with Crippen LogP contribution in [0.3, 0.4) is 0 Å². The van der Waals surface area contributed by atoms with Crippen LogP contribution >= 0.6 is 12.2 Å². The minimum Gasteiger partial charge on any atom is -0.349 e. The number of para-hydroxylation sites is 2. The molecule has 130 valence electrons. The van der Waals surface area contributed by atoms with Crippen molar-refractivity contribution >= 4 is 34.6 Å². The second-order valence-corrected chi connectivity index (χ2v) is 6.71. The molecule has 0 aromatic heterocycles. The van der Waals surface area contributed by atoms with Gasteiger partial charge in [0, 0.05) is 11.7 Å². The van der Waals surface area contributed by atoms with Crippen LogP contribution in [0.25, 0.3) is 0 Å². The van der Waals surface area contributed by atoms with Gasteiger partial charge in [-0.2, -0.15) is 0 Å². The molecule has 0 unspecified atom stereocenters. The molecule has 1 aliphatic carbocycles. The van der Waals surface area contributed by atoms with E-state index in [1.54, 1.807) is 0 Å². The molecule has 1 fully saturated rings. The lowest BCUT2D eigenvalue weighted by molar-refractivity contribution is 0.0928. The highest BCUT2D eigenvalue weighted by molar-refractivity contribution is 7.80. The fraction of sp³-hybridized carbons (Fsp3) is 0.300. The van der Waals surface area contributed by atoms with Gasteiger partial charge in [-0.25, -0.2) is 0 Å². The zero-order valence-electron chi connectivity index (χ0n) is 14.1. The fourth-order valence-electron chi connectivity index (χ4n) is 3.11. The Morgan fingerprint density at radius 1 is 0.880 bits per heavy atom. The van der Waals surface area contributed by atoms with Crippen LogP contribution in [-0.2, 0) is 0 Å². The summed E-state index contributed by atoms with van der Waals surface area (Å²) in [6.45, 7) is 0. The van der Waals surface area contributed by atoms with Gasteiger partial charge in [0.05, 0.1) is 11.3 Å². The molecule has 25 heavy (non-hydrogen) atoms. The molecule has 2 aromatic carbocycles. The van der Waals surface area contributed by atoms with Crippen LogP contribution in [0.5, 0.6) is 0 Å². The first kappa shape index (κ1) is 17.4. The summed E-state index contributed by atoms with van der Waals surface area (Å²) in [5.74, 6) is -0.0440. The molecule has 2 aromatic rings. The van der Waals surface area contributed by atoms with Crippen molar-refractivity contribution in [1.29, 1.82) is 0 Å². The van der Waals surface area contributed by atoms with Gasteiger partial charge in [-0.1, -0.05) is 49.6 Å². The molecule has 5 heteroatoms. The lowest BCUT2D eigenvalue weighted by Gasteiger charge is -2.23. The largest absolute Gasteiger partial charge is 0.349 e. The van der Waals surface area contributed by atoms with Crippen molar-refractivity contribution in [3.8, 4) is 0 Å². The van der Waals surface area contributed by atoms with E-state index < -0.39 is 0 Å². The summed E-state index contributed by atoms with van der Waals surface area (Å²) in [6.07, 6.45) is 5.78. The Hall–Kier alpha value is -2.40. The van der Waals surface area contributed by atoms with Gasteiger partial charge in [0.1, 0.15) is 0 Å². The minimum atomic E-state index is -0.0440. The first-order chi connectivity index (χ1) is 12.2. The summed E-state index contributed by atoms with van der Waals surface area (Å²) in [5.41, 5.74) is 2.23. The van der Waals surface area contributed by atoms with Crippen molar-refractivity contribution < 1.29 is 4.79 Å². The van der Waals surface area contributed by atoms with E-state index in [2.05, 4.69) is 16.0 Å². The van der Waals surface area contributed by atoms with E-state index in [1.165, 1.54) is 19.3 Å². The molecule has 1 amide bonds. The van der Waals surface area contributed by atoms with E-state index >= 15 is 0 Å². The van der Waals surface area contributed by atoms with Gasteiger partial charge in [0.2, 0.25) is 0 Å². The molecular formula is C20H23N3OS. The van der Waals surface area contributed by atoms with Crippen molar-refractivity contribution in [2.75, 3.05) is 10.6 Å². The Bertz CT molecular complexity index is 727. The summed E-state index contributed by atoms with van der Waals surface area (Å²) < 4.78 is 0. The van der Waals surface area contributed by atoms with E-state index in [9.17, 15) is 4.79 Å². The number of nitrogens with one attached hydrogen (secondary N) is 3. The highest BCUT2D eigenvalue weighted by Gasteiger charge is 2.18. The van der Waals surface area contributed by atoms with Crippen LogP contribution in [-0.4, -0.2) is 17.1 Å². The molecule has 0 bridgehead atoms. The average molecular weight is 353 g/mol. The number of benzene rings is 2. The quantitative estimate of drug-likeness (QED) is 0.706. The molecule has 0 aliphatic heterocycles. The summed E-state index contributed by atoms with van der Waals surface area (Å²) in [4.78, 5) is 12.7. The molecule has 3 N–H and O–H groups in total. The highest BCUT2D eigenvalue weighted by Crippen LogP contribution is 2.20. The SMILES string of the molecule is O=C(NC1CCCCC1)c1ccccc1NC(=S)Nc1ccccc1. The van der Waals surface area contributed by atoms with Crippen molar-refractivity contribution in [3.63, 3.8) is 0 Å².